The van der Waals surface area contributed by atoms with Crippen molar-refractivity contribution in [3.63, 3.8) is 0 Å². The minimum absolute atomic E-state index is 0.0310. The summed E-state index contributed by atoms with van der Waals surface area (Å²) in [6.07, 6.45) is 2.62. The minimum Gasteiger partial charge on any atom is -0.400 e. The summed E-state index contributed by atoms with van der Waals surface area (Å²) in [4.78, 5) is 31.4. The molecule has 8 nitrogen and oxygen atoms in total. The van der Waals surface area contributed by atoms with Gasteiger partial charge in [-0.1, -0.05) is 41.9 Å². The van der Waals surface area contributed by atoms with Crippen LogP contribution in [-0.2, 0) is 9.53 Å². The molecule has 5 rings (SSSR count). The molecule has 2 N–H and O–H groups in total. The van der Waals surface area contributed by atoms with Gasteiger partial charge in [0.1, 0.15) is 0 Å². The van der Waals surface area contributed by atoms with Crippen LogP contribution < -0.4 is 4.90 Å². The Kier molecular flexibility index (Phi) is 14.1. The lowest BCUT2D eigenvalue weighted by atomic mass is 10.0. The van der Waals surface area contributed by atoms with E-state index in [1.165, 1.54) is 0 Å². The molecule has 2 aromatic carbocycles. The fourth-order valence-electron chi connectivity index (χ4n) is 5.65. The van der Waals surface area contributed by atoms with E-state index in [0.29, 0.717) is 29.2 Å². The smallest absolute Gasteiger partial charge is 0.256 e. The Morgan fingerprint density at radius 3 is 1.93 bits per heavy atom. The van der Waals surface area contributed by atoms with E-state index >= 15 is 0 Å². The monoisotopic (exact) mass is 623 g/mol. The lowest BCUT2D eigenvalue weighted by Gasteiger charge is -2.38. The summed E-state index contributed by atoms with van der Waals surface area (Å²) in [7, 11) is 1.00. The van der Waals surface area contributed by atoms with Crippen LogP contribution in [0.4, 0.5) is 14.5 Å². The van der Waals surface area contributed by atoms with Crippen molar-refractivity contribution in [3.8, 4) is 0 Å². The summed E-state index contributed by atoms with van der Waals surface area (Å²) in [6.45, 7) is 5.42. The maximum atomic E-state index is 12.7. The molecule has 2 aromatic rings. The fraction of sp³-hybridized carbons (Fsp3) is 0.562. The highest BCUT2D eigenvalue weighted by Gasteiger charge is 2.30. The molecule has 43 heavy (non-hydrogen) atoms. The number of amides is 2. The van der Waals surface area contributed by atoms with E-state index in [4.69, 9.17) is 21.4 Å². The van der Waals surface area contributed by atoms with Crippen molar-refractivity contribution < 1.29 is 33.3 Å². The van der Waals surface area contributed by atoms with Gasteiger partial charge in [0.25, 0.3) is 11.8 Å². The predicted octanol–water partition coefficient (Wildman–Crippen LogP) is 5.17. The zero-order valence-corrected chi connectivity index (χ0v) is 25.8. The van der Waals surface area contributed by atoms with E-state index in [1.807, 2.05) is 41.3 Å². The highest BCUT2D eigenvalue weighted by atomic mass is 35.5. The number of aliphatic hydroxyl groups excluding tert-OH is 2. The van der Waals surface area contributed by atoms with Crippen LogP contribution in [0.3, 0.4) is 0 Å². The molecule has 0 radical (unpaired) electrons. The third kappa shape index (κ3) is 10.1. The van der Waals surface area contributed by atoms with E-state index in [0.717, 1.165) is 84.4 Å². The van der Waals surface area contributed by atoms with Crippen molar-refractivity contribution in [3.05, 3.63) is 64.7 Å². The highest BCUT2D eigenvalue weighted by Crippen LogP contribution is 2.29. The van der Waals surface area contributed by atoms with Gasteiger partial charge in [0.2, 0.25) is 6.43 Å². The normalized spacial score (nSPS) is 18.5. The SMILES string of the molecule is CC(F)F.CO.O=C(c1ccc(N2CCC(OC3CCN(C(=O)C(O)c4ccccc4)CC3)CC2)cc1Cl)N1CCCC1. The Balaban J connectivity index is 0.000000780. The van der Waals surface area contributed by atoms with Crippen molar-refractivity contribution >= 4 is 29.1 Å². The van der Waals surface area contributed by atoms with Crippen LogP contribution in [0.1, 0.15) is 67.5 Å². The van der Waals surface area contributed by atoms with Crippen LogP contribution >= 0.6 is 11.6 Å². The number of ether oxygens (including phenoxy) is 1. The Hall–Kier alpha value is -2.79. The summed E-state index contributed by atoms with van der Waals surface area (Å²) >= 11 is 6.53. The molecule has 3 aliphatic rings. The molecule has 0 spiro atoms. The van der Waals surface area contributed by atoms with E-state index in [1.54, 1.807) is 17.0 Å². The first-order valence-electron chi connectivity index (χ1n) is 15.0. The van der Waals surface area contributed by atoms with Gasteiger partial charge < -0.3 is 29.6 Å². The number of anilines is 1. The summed E-state index contributed by atoms with van der Waals surface area (Å²) in [5.41, 5.74) is 2.27. The number of hydrogen-bond acceptors (Lipinski definition) is 6. The lowest BCUT2D eigenvalue weighted by Crippen LogP contribution is -2.45. The number of carbonyl (C=O) groups is 2. The zero-order chi connectivity index (χ0) is 31.4. The van der Waals surface area contributed by atoms with Gasteiger partial charge in [0.15, 0.2) is 6.10 Å². The van der Waals surface area contributed by atoms with Gasteiger partial charge in [0, 0.05) is 52.1 Å². The number of piperidine rings is 2. The predicted molar refractivity (Wildman–Crippen MR) is 164 cm³/mol. The molecule has 0 saturated carbocycles. The Bertz CT molecular complexity index is 1130. The van der Waals surface area contributed by atoms with E-state index in [2.05, 4.69) is 4.90 Å². The van der Waals surface area contributed by atoms with E-state index < -0.39 is 12.5 Å². The van der Waals surface area contributed by atoms with Gasteiger partial charge >= 0.3 is 0 Å². The van der Waals surface area contributed by atoms with Crippen LogP contribution in [0.25, 0.3) is 0 Å². The van der Waals surface area contributed by atoms with E-state index in [9.17, 15) is 23.5 Å². The molecule has 238 valence electrons. The van der Waals surface area contributed by atoms with Crippen molar-refractivity contribution in [1.29, 1.82) is 0 Å². The molecule has 1 unspecified atom stereocenters. The number of likely N-dealkylation sites (tertiary alicyclic amines) is 2. The van der Waals surface area contributed by atoms with Gasteiger partial charge in [-0.15, -0.1) is 0 Å². The topological polar surface area (TPSA) is 93.5 Å². The maximum Gasteiger partial charge on any atom is 0.256 e. The molecule has 3 saturated heterocycles. The number of benzene rings is 2. The first kappa shape index (κ1) is 34.7. The molecule has 11 heteroatoms. The molecule has 2 amide bonds. The van der Waals surface area contributed by atoms with E-state index in [-0.39, 0.29) is 24.0 Å². The number of rotatable bonds is 6. The molecule has 0 aliphatic carbocycles. The molecule has 3 aliphatic heterocycles. The van der Waals surface area contributed by atoms with Crippen molar-refractivity contribution in [2.24, 2.45) is 0 Å². The second kappa shape index (κ2) is 17.5. The van der Waals surface area contributed by atoms with Crippen molar-refractivity contribution in [2.75, 3.05) is 51.3 Å². The molecular weight excluding hydrogens is 580 g/mol. The third-order valence-corrected chi connectivity index (χ3v) is 8.18. The maximum absolute atomic E-state index is 12.7. The Labute approximate surface area is 258 Å². The lowest BCUT2D eigenvalue weighted by molar-refractivity contribution is -0.144. The largest absolute Gasteiger partial charge is 0.400 e. The molecular formula is C32H44ClF2N3O5. The van der Waals surface area contributed by atoms with Crippen LogP contribution in [0.5, 0.6) is 0 Å². The summed E-state index contributed by atoms with van der Waals surface area (Å²) < 4.78 is 27.1. The molecule has 0 aromatic heterocycles. The van der Waals surface area contributed by atoms with Crippen LogP contribution in [0.2, 0.25) is 5.02 Å². The zero-order valence-electron chi connectivity index (χ0n) is 25.0. The molecule has 3 heterocycles. The second-order valence-electron chi connectivity index (χ2n) is 10.8. The number of nitrogens with zero attached hydrogens (tertiary/aromatic N) is 3. The van der Waals surface area contributed by atoms with Crippen LogP contribution in [0, 0.1) is 0 Å². The van der Waals surface area contributed by atoms with Crippen molar-refractivity contribution in [1.82, 2.24) is 9.80 Å². The number of carbonyl (C=O) groups excluding carboxylic acids is 2. The Morgan fingerprint density at radius 1 is 0.860 bits per heavy atom. The summed E-state index contributed by atoms with van der Waals surface area (Å²) in [5.74, 6) is -0.201. The number of halogens is 3. The standard InChI is InChI=1S/C29H36ClN3O4.C2H4F2.CH4O/c30-26-20-22(8-9-25(26)28(35)32-14-4-5-15-32)31-16-10-23(11-17-31)37-24-12-18-33(19-13-24)29(36)27(34)21-6-2-1-3-7-21;1-2(3)4;1-2/h1-3,6-9,20,23-24,27,34H,4-5,10-19H2;2H,1H3;2H,1H3. The molecule has 0 bridgehead atoms. The third-order valence-electron chi connectivity index (χ3n) is 7.87. The highest BCUT2D eigenvalue weighted by molar-refractivity contribution is 6.34. The number of aliphatic hydroxyl groups is 2. The molecule has 1 atom stereocenters. The quantitative estimate of drug-likeness (QED) is 0.462. The van der Waals surface area contributed by atoms with Crippen LogP contribution in [-0.4, -0.2) is 96.8 Å². The van der Waals surface area contributed by atoms with Gasteiger partial charge in [-0.3, -0.25) is 9.59 Å². The first-order chi connectivity index (χ1) is 20.7. The average molecular weight is 624 g/mol. The van der Waals surface area contributed by atoms with Crippen LogP contribution in [0.15, 0.2) is 48.5 Å². The first-order valence-corrected chi connectivity index (χ1v) is 15.3. The van der Waals surface area contributed by atoms with Gasteiger partial charge in [-0.2, -0.15) is 0 Å². The van der Waals surface area contributed by atoms with Gasteiger partial charge in [-0.05, 0) is 69.2 Å². The number of hydrogen-bond donors (Lipinski definition) is 2. The Morgan fingerprint density at radius 2 is 1.40 bits per heavy atom. The second-order valence-corrected chi connectivity index (χ2v) is 11.2. The van der Waals surface area contributed by atoms with Gasteiger partial charge in [0.05, 0.1) is 22.8 Å². The fourth-order valence-corrected chi connectivity index (χ4v) is 5.91. The minimum atomic E-state index is -2.17. The summed E-state index contributed by atoms with van der Waals surface area (Å²) in [5, 5.41) is 18.0. The molecule has 3 fully saturated rings. The summed E-state index contributed by atoms with van der Waals surface area (Å²) in [6, 6.07) is 14.9. The van der Waals surface area contributed by atoms with Crippen molar-refractivity contribution in [2.45, 2.75) is 70.2 Å². The van der Waals surface area contributed by atoms with Gasteiger partial charge in [-0.25, -0.2) is 8.78 Å². The number of alkyl halides is 2. The average Bonchev–Trinajstić information content (AvgIpc) is 3.57.